The first kappa shape index (κ1) is 22.3. The van der Waals surface area contributed by atoms with E-state index in [-0.39, 0.29) is 0 Å². The molecule has 0 unspecified atom stereocenters. The minimum absolute atomic E-state index is 2.32. The molecule has 1 saturated carbocycles. The number of aliphatic hydroxyl groups excluding tert-OH is 3. The van der Waals surface area contributed by atoms with E-state index in [0.29, 0.717) is 0 Å². The van der Waals surface area contributed by atoms with Gasteiger partial charge >= 0.3 is 23.5 Å². The highest BCUT2D eigenvalue weighted by molar-refractivity contribution is 7.46. The van der Waals surface area contributed by atoms with Crippen molar-refractivity contribution >= 4 is 23.5 Å². The molecule has 0 heterocycles. The van der Waals surface area contributed by atoms with Crippen LogP contribution in [-0.2, 0) is 27.3 Å². The van der Waals surface area contributed by atoms with Crippen LogP contribution in [0.2, 0.25) is 0 Å². The van der Waals surface area contributed by atoms with Crippen molar-refractivity contribution in [1.29, 1.82) is 0 Å². The van der Waals surface area contributed by atoms with E-state index in [2.05, 4.69) is 13.6 Å². The fraction of sp³-hybridized carbons (Fsp3) is 1.00. The molecule has 15 nitrogen and oxygen atoms in total. The second-order valence-electron chi connectivity index (χ2n) is 4.65. The summed E-state index contributed by atoms with van der Waals surface area (Å²) in [5.41, 5.74) is 0. The predicted octanol–water partition coefficient (Wildman–Crippen LogP) is -3.48. The Morgan fingerprint density at radius 2 is 0.750 bits per heavy atom. The second-order valence-corrected chi connectivity index (χ2v) is 8.23. The number of hydrogen-bond acceptors (Lipinski definition) is 9. The summed E-state index contributed by atoms with van der Waals surface area (Å²) in [5.74, 6) is 0. The minimum atomic E-state index is -5.43. The zero-order chi connectivity index (χ0) is 19.1. The quantitative estimate of drug-likeness (QED) is 0.189. The van der Waals surface area contributed by atoms with E-state index >= 15 is 0 Å². The van der Waals surface area contributed by atoms with Crippen LogP contribution in [0.5, 0.6) is 0 Å². The van der Waals surface area contributed by atoms with Gasteiger partial charge < -0.3 is 44.7 Å². The third kappa shape index (κ3) is 6.50. The molecule has 24 heavy (non-hydrogen) atoms. The summed E-state index contributed by atoms with van der Waals surface area (Å²) < 4.78 is 44.7. The van der Waals surface area contributed by atoms with Crippen molar-refractivity contribution in [3.05, 3.63) is 0 Å². The summed E-state index contributed by atoms with van der Waals surface area (Å²) >= 11 is 0. The maximum absolute atomic E-state index is 10.9. The van der Waals surface area contributed by atoms with Crippen molar-refractivity contribution in [1.82, 2.24) is 0 Å². The summed E-state index contributed by atoms with van der Waals surface area (Å²) in [7, 11) is -16.2. The van der Waals surface area contributed by atoms with Gasteiger partial charge in [0.2, 0.25) is 0 Å². The smallest absolute Gasteiger partial charge is 0.387 e. The first-order valence-corrected chi connectivity index (χ1v) is 10.4. The van der Waals surface area contributed by atoms with E-state index in [0.717, 1.165) is 0 Å². The topological polar surface area (TPSA) is 261 Å². The maximum atomic E-state index is 10.9. The minimum Gasteiger partial charge on any atom is -0.387 e. The van der Waals surface area contributed by atoms with Crippen molar-refractivity contribution in [3.63, 3.8) is 0 Å². The lowest BCUT2D eigenvalue weighted by molar-refractivity contribution is -0.212. The maximum Gasteiger partial charge on any atom is 0.470 e. The molecule has 0 saturated heterocycles. The Morgan fingerprint density at radius 3 is 1.08 bits per heavy atom. The van der Waals surface area contributed by atoms with Crippen LogP contribution >= 0.6 is 23.5 Å². The van der Waals surface area contributed by atoms with Crippen molar-refractivity contribution in [2.75, 3.05) is 0 Å². The fourth-order valence-corrected chi connectivity index (χ4v) is 3.70. The Morgan fingerprint density at radius 1 is 0.500 bits per heavy atom. The van der Waals surface area contributed by atoms with E-state index in [4.69, 9.17) is 29.4 Å². The van der Waals surface area contributed by atoms with Gasteiger partial charge in [0.05, 0.1) is 0 Å². The van der Waals surface area contributed by atoms with Gasteiger partial charge in [0, 0.05) is 0 Å². The summed E-state index contributed by atoms with van der Waals surface area (Å²) in [6.45, 7) is 0. The van der Waals surface area contributed by atoms with Gasteiger partial charge in [-0.2, -0.15) is 0 Å². The molecule has 18 heteroatoms. The number of rotatable bonds is 6. The Hall–Kier alpha value is 0.210. The monoisotopic (exact) mass is 420 g/mol. The molecule has 0 aromatic rings. The van der Waals surface area contributed by atoms with Crippen LogP contribution in [0.3, 0.4) is 0 Å². The fourth-order valence-electron chi connectivity index (χ4n) is 2.01. The van der Waals surface area contributed by atoms with Crippen molar-refractivity contribution in [2.45, 2.75) is 36.6 Å². The van der Waals surface area contributed by atoms with Crippen LogP contribution in [0.4, 0.5) is 0 Å². The van der Waals surface area contributed by atoms with Gasteiger partial charge in [-0.25, -0.2) is 13.7 Å². The molecule has 1 aliphatic rings. The number of hydrogen-bond donors (Lipinski definition) is 9. The van der Waals surface area contributed by atoms with Gasteiger partial charge in [0.25, 0.3) is 0 Å². The SMILES string of the molecule is O=P(O)(O)O[C@H]1[C@H](O)[C@H](O)[C@H](OP(=O)(O)O)[C@@H](OP(=O)(O)O)[C@@H]1O. The highest BCUT2D eigenvalue weighted by Crippen LogP contribution is 2.49. The molecule has 6 atom stereocenters. The molecule has 1 fully saturated rings. The van der Waals surface area contributed by atoms with E-state index < -0.39 is 60.1 Å². The van der Waals surface area contributed by atoms with Crippen LogP contribution in [-0.4, -0.2) is 81.3 Å². The third-order valence-corrected chi connectivity index (χ3v) is 4.35. The standard InChI is InChI=1S/C6H15O15P3/c7-1-2(8)5(20-23(13,14)15)6(21-24(16,17)18)3(9)4(1)19-22(10,11)12/h1-9H,(H2,10,11,12)(H2,13,14,15)(H2,16,17,18)/t1-,2+,3-,4+,5+,6+/m1/s1. The molecule has 0 bridgehead atoms. The third-order valence-electron chi connectivity index (χ3n) is 2.80. The van der Waals surface area contributed by atoms with Crippen LogP contribution in [0, 0.1) is 0 Å². The number of aliphatic hydroxyl groups is 3. The Balaban J connectivity index is 3.23. The van der Waals surface area contributed by atoms with Gasteiger partial charge in [-0.05, 0) is 0 Å². The molecular weight excluding hydrogens is 405 g/mol. The molecule has 0 aromatic heterocycles. The summed E-state index contributed by atoms with van der Waals surface area (Å²) in [6, 6.07) is 0. The van der Waals surface area contributed by atoms with Crippen LogP contribution in [0.1, 0.15) is 0 Å². The average Bonchev–Trinajstić information content (AvgIpc) is 2.32. The molecule has 0 aromatic carbocycles. The molecular formula is C6H15O15P3. The first-order chi connectivity index (χ1) is 10.5. The van der Waals surface area contributed by atoms with Crippen LogP contribution in [0.25, 0.3) is 0 Å². The zero-order valence-corrected chi connectivity index (χ0v) is 14.0. The van der Waals surface area contributed by atoms with Crippen molar-refractivity contribution in [3.8, 4) is 0 Å². The summed E-state index contributed by atoms with van der Waals surface area (Å²) in [6.07, 6.45) is -14.3. The Labute approximate surface area is 133 Å². The van der Waals surface area contributed by atoms with Gasteiger partial charge in [0.1, 0.15) is 36.6 Å². The lowest BCUT2D eigenvalue weighted by Crippen LogP contribution is -2.65. The molecule has 1 rings (SSSR count). The van der Waals surface area contributed by atoms with Crippen molar-refractivity contribution < 1.29 is 71.9 Å². The molecule has 9 N–H and O–H groups in total. The highest BCUT2D eigenvalue weighted by Gasteiger charge is 2.56. The molecule has 144 valence electrons. The van der Waals surface area contributed by atoms with E-state index in [1.165, 1.54) is 0 Å². The molecule has 0 spiro atoms. The zero-order valence-electron chi connectivity index (χ0n) is 11.3. The van der Waals surface area contributed by atoms with E-state index in [1.54, 1.807) is 0 Å². The lowest BCUT2D eigenvalue weighted by Gasteiger charge is -2.44. The predicted molar refractivity (Wildman–Crippen MR) is 68.8 cm³/mol. The van der Waals surface area contributed by atoms with Crippen LogP contribution in [0.15, 0.2) is 0 Å². The van der Waals surface area contributed by atoms with Gasteiger partial charge in [0.15, 0.2) is 0 Å². The van der Waals surface area contributed by atoms with Gasteiger partial charge in [-0.3, -0.25) is 13.6 Å². The summed E-state index contributed by atoms with van der Waals surface area (Å²) in [5, 5.41) is 29.3. The largest absolute Gasteiger partial charge is 0.470 e. The molecule has 0 aliphatic heterocycles. The lowest BCUT2D eigenvalue weighted by atomic mass is 9.85. The molecule has 1 aliphatic carbocycles. The van der Waals surface area contributed by atoms with Gasteiger partial charge in [-0.15, -0.1) is 0 Å². The number of phosphoric acid groups is 3. The second kappa shape index (κ2) is 7.45. The average molecular weight is 420 g/mol. The number of phosphoric ester groups is 3. The van der Waals surface area contributed by atoms with Crippen molar-refractivity contribution in [2.24, 2.45) is 0 Å². The van der Waals surface area contributed by atoms with E-state index in [1.807, 2.05) is 0 Å². The molecule has 0 radical (unpaired) electrons. The Bertz CT molecular complexity index is 574. The first-order valence-electron chi connectivity index (χ1n) is 5.78. The Kier molecular flexibility index (Phi) is 6.90. The molecule has 0 amide bonds. The summed E-state index contributed by atoms with van der Waals surface area (Å²) in [4.78, 5) is 52.4. The van der Waals surface area contributed by atoms with Crippen LogP contribution < -0.4 is 0 Å². The van der Waals surface area contributed by atoms with Gasteiger partial charge in [-0.1, -0.05) is 0 Å². The van der Waals surface area contributed by atoms with E-state index in [9.17, 15) is 29.0 Å². The normalized spacial score (nSPS) is 35.9. The highest BCUT2D eigenvalue weighted by atomic mass is 31.2.